The molecule has 1 aromatic rings. The second-order valence-corrected chi connectivity index (χ2v) is 6.57. The molecule has 0 unspecified atom stereocenters. The van der Waals surface area contributed by atoms with Crippen LogP contribution in [0.2, 0.25) is 0 Å². The number of hydrogen-bond acceptors (Lipinski definition) is 1. The van der Waals surface area contributed by atoms with E-state index in [9.17, 15) is 0 Å². The van der Waals surface area contributed by atoms with Crippen molar-refractivity contribution in [3.05, 3.63) is 28.7 Å². The number of benzene rings is 1. The van der Waals surface area contributed by atoms with Gasteiger partial charge in [0, 0.05) is 0 Å². The van der Waals surface area contributed by atoms with E-state index in [-0.39, 0.29) is 0 Å². The van der Waals surface area contributed by atoms with Gasteiger partial charge in [0.1, 0.15) is 18.9 Å². The van der Waals surface area contributed by atoms with Crippen LogP contribution in [0.15, 0.2) is 28.7 Å². The third-order valence-electron chi connectivity index (χ3n) is 4.08. The molecule has 1 saturated carbocycles. The quantitative estimate of drug-likeness (QED) is 0.750. The fraction of sp³-hybridized carbons (Fsp3) is 0.600. The van der Waals surface area contributed by atoms with Crippen molar-refractivity contribution >= 4 is 15.9 Å². The van der Waals surface area contributed by atoms with E-state index in [1.165, 1.54) is 25.7 Å². The van der Waals surface area contributed by atoms with Crippen LogP contribution in [-0.4, -0.2) is 37.8 Å². The highest BCUT2D eigenvalue weighted by molar-refractivity contribution is 9.10. The van der Waals surface area contributed by atoms with Crippen molar-refractivity contribution < 1.29 is 9.22 Å². The fourth-order valence-corrected chi connectivity index (χ4v) is 3.14. The lowest BCUT2D eigenvalue weighted by molar-refractivity contribution is -0.914. The zero-order valence-electron chi connectivity index (χ0n) is 11.4. The van der Waals surface area contributed by atoms with Crippen molar-refractivity contribution in [1.82, 2.24) is 0 Å². The maximum Gasteiger partial charge on any atom is 0.137 e. The number of nitrogens with zero attached hydrogens (tertiary/aromatic N) is 1. The Balaban J connectivity index is 1.83. The molecule has 0 atom stereocenters. The van der Waals surface area contributed by atoms with Gasteiger partial charge < -0.3 is 9.22 Å². The van der Waals surface area contributed by atoms with E-state index in [0.29, 0.717) is 0 Å². The first-order valence-corrected chi connectivity index (χ1v) is 7.59. The van der Waals surface area contributed by atoms with Crippen LogP contribution in [0, 0.1) is 0 Å². The van der Waals surface area contributed by atoms with Crippen molar-refractivity contribution in [2.75, 3.05) is 27.2 Å². The first-order valence-electron chi connectivity index (χ1n) is 6.79. The zero-order valence-corrected chi connectivity index (χ0v) is 12.9. The molecular weight excluding hydrogens is 290 g/mol. The molecule has 2 nitrogen and oxygen atoms in total. The van der Waals surface area contributed by atoms with Gasteiger partial charge in [0.25, 0.3) is 0 Å². The molecule has 2 rings (SSSR count). The lowest BCUT2D eigenvalue weighted by atomic mass is 10.2. The van der Waals surface area contributed by atoms with Gasteiger partial charge in [-0.05, 0) is 53.7 Å². The van der Waals surface area contributed by atoms with Crippen LogP contribution in [0.25, 0.3) is 0 Å². The Labute approximate surface area is 119 Å². The minimum absolute atomic E-state index is 0.784. The van der Waals surface area contributed by atoms with Gasteiger partial charge >= 0.3 is 0 Å². The number of para-hydroxylation sites is 1. The zero-order chi connectivity index (χ0) is 13.0. The first-order chi connectivity index (χ1) is 8.59. The molecule has 0 radical (unpaired) electrons. The summed E-state index contributed by atoms with van der Waals surface area (Å²) in [4.78, 5) is 0. The third-order valence-corrected chi connectivity index (χ3v) is 4.73. The standard InChI is InChI=1S/C15H23BrNO/c1-17(2,13-7-3-4-8-13)11-12-18-15-10-6-5-9-14(15)16/h5-6,9-10,13H,3-4,7-8,11-12H2,1-2H3/q+1. The van der Waals surface area contributed by atoms with Crippen LogP contribution in [0.5, 0.6) is 5.75 Å². The second-order valence-electron chi connectivity index (χ2n) is 5.72. The topological polar surface area (TPSA) is 9.23 Å². The van der Waals surface area contributed by atoms with Crippen LogP contribution in [0.4, 0.5) is 0 Å². The summed E-state index contributed by atoms with van der Waals surface area (Å²) in [6.45, 7) is 1.86. The summed E-state index contributed by atoms with van der Waals surface area (Å²) in [6, 6.07) is 8.88. The summed E-state index contributed by atoms with van der Waals surface area (Å²) in [5.74, 6) is 0.948. The molecule has 0 heterocycles. The average Bonchev–Trinajstić information content (AvgIpc) is 2.86. The molecular formula is C15H23BrNO+. The Morgan fingerprint density at radius 3 is 2.56 bits per heavy atom. The van der Waals surface area contributed by atoms with E-state index in [4.69, 9.17) is 4.74 Å². The van der Waals surface area contributed by atoms with Crippen molar-refractivity contribution in [2.45, 2.75) is 31.7 Å². The molecule has 0 spiro atoms. The van der Waals surface area contributed by atoms with Crippen LogP contribution < -0.4 is 4.74 Å². The van der Waals surface area contributed by atoms with E-state index in [1.807, 2.05) is 24.3 Å². The van der Waals surface area contributed by atoms with E-state index >= 15 is 0 Å². The molecule has 100 valence electrons. The summed E-state index contributed by atoms with van der Waals surface area (Å²) in [6.07, 6.45) is 5.55. The number of rotatable bonds is 5. The third kappa shape index (κ3) is 3.48. The Bertz CT molecular complexity index is 386. The van der Waals surface area contributed by atoms with Crippen molar-refractivity contribution in [3.63, 3.8) is 0 Å². The van der Waals surface area contributed by atoms with E-state index < -0.39 is 0 Å². The van der Waals surface area contributed by atoms with Crippen molar-refractivity contribution in [2.24, 2.45) is 0 Å². The largest absolute Gasteiger partial charge is 0.487 e. The average molecular weight is 313 g/mol. The van der Waals surface area contributed by atoms with Crippen LogP contribution in [-0.2, 0) is 0 Å². The van der Waals surface area contributed by atoms with Crippen LogP contribution in [0.1, 0.15) is 25.7 Å². The Hall–Kier alpha value is -0.540. The number of hydrogen-bond donors (Lipinski definition) is 0. The number of quaternary nitrogens is 1. The van der Waals surface area contributed by atoms with Gasteiger partial charge in [-0.3, -0.25) is 0 Å². The fourth-order valence-electron chi connectivity index (χ4n) is 2.74. The lowest BCUT2D eigenvalue weighted by Crippen LogP contribution is -2.49. The van der Waals surface area contributed by atoms with Gasteiger partial charge in [-0.25, -0.2) is 0 Å². The highest BCUT2D eigenvalue weighted by atomic mass is 79.9. The molecule has 18 heavy (non-hydrogen) atoms. The van der Waals surface area contributed by atoms with Gasteiger partial charge in [0.05, 0.1) is 24.6 Å². The summed E-state index contributed by atoms with van der Waals surface area (Å²) < 4.78 is 8.00. The second kappa shape index (κ2) is 6.07. The predicted octanol–water partition coefficient (Wildman–Crippen LogP) is 3.85. The Morgan fingerprint density at radius 2 is 1.89 bits per heavy atom. The Morgan fingerprint density at radius 1 is 1.22 bits per heavy atom. The minimum atomic E-state index is 0.784. The monoisotopic (exact) mass is 312 g/mol. The highest BCUT2D eigenvalue weighted by Gasteiger charge is 2.30. The molecule has 3 heteroatoms. The molecule has 1 fully saturated rings. The van der Waals surface area contributed by atoms with Gasteiger partial charge in [-0.1, -0.05) is 12.1 Å². The van der Waals surface area contributed by atoms with Crippen LogP contribution >= 0.6 is 15.9 Å². The first kappa shape index (κ1) is 13.9. The normalized spacial score (nSPS) is 17.1. The van der Waals surface area contributed by atoms with E-state index in [2.05, 4.69) is 30.0 Å². The number of ether oxygens (including phenoxy) is 1. The number of likely N-dealkylation sites (N-methyl/N-ethyl adjacent to an activating group) is 1. The van der Waals surface area contributed by atoms with Gasteiger partial charge in [0.15, 0.2) is 0 Å². The Kier molecular flexibility index (Phi) is 4.68. The van der Waals surface area contributed by atoms with Crippen molar-refractivity contribution in [1.29, 1.82) is 0 Å². The minimum Gasteiger partial charge on any atom is -0.487 e. The molecule has 1 aliphatic carbocycles. The summed E-state index contributed by atoms with van der Waals surface area (Å²) in [5.41, 5.74) is 0. The molecule has 1 aromatic carbocycles. The van der Waals surface area contributed by atoms with Gasteiger partial charge in [0.2, 0.25) is 0 Å². The maximum absolute atomic E-state index is 5.87. The molecule has 0 bridgehead atoms. The van der Waals surface area contributed by atoms with Gasteiger partial charge in [-0.2, -0.15) is 0 Å². The van der Waals surface area contributed by atoms with Crippen LogP contribution in [0.3, 0.4) is 0 Å². The summed E-state index contributed by atoms with van der Waals surface area (Å²) in [7, 11) is 4.67. The molecule has 0 aliphatic heterocycles. The van der Waals surface area contributed by atoms with E-state index in [1.54, 1.807) is 0 Å². The molecule has 0 N–H and O–H groups in total. The molecule has 0 amide bonds. The SMILES string of the molecule is C[N+](C)(CCOc1ccccc1Br)C1CCCC1. The summed E-state index contributed by atoms with van der Waals surface area (Å²) in [5, 5.41) is 0. The maximum atomic E-state index is 5.87. The number of halogens is 1. The van der Waals surface area contributed by atoms with Crippen molar-refractivity contribution in [3.8, 4) is 5.75 Å². The molecule has 0 aromatic heterocycles. The highest BCUT2D eigenvalue weighted by Crippen LogP contribution is 2.27. The summed E-state index contributed by atoms with van der Waals surface area (Å²) >= 11 is 3.51. The van der Waals surface area contributed by atoms with E-state index in [0.717, 1.165) is 33.9 Å². The smallest absolute Gasteiger partial charge is 0.137 e. The van der Waals surface area contributed by atoms with Gasteiger partial charge in [-0.15, -0.1) is 0 Å². The predicted molar refractivity (Wildman–Crippen MR) is 78.9 cm³/mol. The lowest BCUT2D eigenvalue weighted by Gasteiger charge is -2.36. The molecule has 1 aliphatic rings. The molecule has 0 saturated heterocycles.